The Morgan fingerprint density at radius 2 is 1.65 bits per heavy atom. The Morgan fingerprint density at radius 1 is 1.15 bits per heavy atom. The summed E-state index contributed by atoms with van der Waals surface area (Å²) in [5.41, 5.74) is -0.991. The lowest BCUT2D eigenvalue weighted by atomic mass is 9.57. The van der Waals surface area contributed by atoms with Gasteiger partial charge in [0.15, 0.2) is 0 Å². The molecule has 1 aliphatic carbocycles. The van der Waals surface area contributed by atoms with E-state index in [-0.39, 0.29) is 29.4 Å². The molecule has 5 nitrogen and oxygen atoms in total. The molecule has 0 amide bonds. The van der Waals surface area contributed by atoms with E-state index in [0.717, 1.165) is 0 Å². The minimum atomic E-state index is -1.27. The number of carboxylic acid groups (broad SMARTS) is 2. The number of rotatable bonds is 5. The molecular formula is C15H20O5. The molecule has 0 bridgehead atoms. The highest BCUT2D eigenvalue weighted by Gasteiger charge is 2.50. The lowest BCUT2D eigenvalue weighted by Crippen LogP contribution is -2.43. The van der Waals surface area contributed by atoms with Crippen LogP contribution in [-0.2, 0) is 14.4 Å². The Labute approximate surface area is 118 Å². The van der Waals surface area contributed by atoms with Gasteiger partial charge in [-0.2, -0.15) is 0 Å². The van der Waals surface area contributed by atoms with Crippen LogP contribution in [0.15, 0.2) is 22.8 Å². The Hall–Kier alpha value is -1.91. The number of carboxylic acids is 2. The van der Waals surface area contributed by atoms with Gasteiger partial charge in [0.1, 0.15) is 6.29 Å². The molecular weight excluding hydrogens is 260 g/mol. The molecule has 5 heteroatoms. The molecule has 1 rings (SSSR count). The average Bonchev–Trinajstić information content (AvgIpc) is 2.35. The van der Waals surface area contributed by atoms with E-state index in [1.54, 1.807) is 6.08 Å². The number of allylic oxidation sites excluding steroid dienone is 2. The standard InChI is InChI=1S/C15H20O5/c1-8(2)15(9(3)4)10(7-16)5-6-11(13(17)18)12(15)14(19)20/h5,7-9H,6H2,1-4H3,(H,17,18)(H,19,20). The molecule has 1 aliphatic rings. The maximum Gasteiger partial charge on any atom is 0.333 e. The lowest BCUT2D eigenvalue weighted by Gasteiger charge is -2.44. The van der Waals surface area contributed by atoms with Crippen LogP contribution in [-0.4, -0.2) is 28.4 Å². The Bertz CT molecular complexity index is 500. The first kappa shape index (κ1) is 16.1. The van der Waals surface area contributed by atoms with Crippen LogP contribution in [0.25, 0.3) is 0 Å². The van der Waals surface area contributed by atoms with Gasteiger partial charge in [-0.05, 0) is 23.8 Å². The van der Waals surface area contributed by atoms with E-state index in [0.29, 0.717) is 11.9 Å². The van der Waals surface area contributed by atoms with E-state index in [4.69, 9.17) is 0 Å². The van der Waals surface area contributed by atoms with Gasteiger partial charge in [0.2, 0.25) is 0 Å². The molecule has 0 saturated heterocycles. The van der Waals surface area contributed by atoms with Gasteiger partial charge in [-0.3, -0.25) is 4.79 Å². The largest absolute Gasteiger partial charge is 0.478 e. The monoisotopic (exact) mass is 280 g/mol. The molecule has 0 spiro atoms. The fourth-order valence-corrected chi connectivity index (χ4v) is 3.43. The summed E-state index contributed by atoms with van der Waals surface area (Å²) in [5.74, 6) is -2.93. The zero-order chi connectivity index (χ0) is 15.7. The van der Waals surface area contributed by atoms with Crippen molar-refractivity contribution in [2.24, 2.45) is 17.3 Å². The highest BCUT2D eigenvalue weighted by Crippen LogP contribution is 2.52. The molecule has 0 aromatic rings. The molecule has 0 heterocycles. The van der Waals surface area contributed by atoms with Crippen molar-refractivity contribution >= 4 is 18.2 Å². The maximum absolute atomic E-state index is 11.7. The highest BCUT2D eigenvalue weighted by atomic mass is 16.4. The topological polar surface area (TPSA) is 91.7 Å². The third-order valence-electron chi connectivity index (χ3n) is 4.14. The molecule has 0 aromatic carbocycles. The second-order valence-electron chi connectivity index (χ2n) is 5.62. The molecule has 2 N–H and O–H groups in total. The molecule has 110 valence electrons. The minimum Gasteiger partial charge on any atom is -0.478 e. The molecule has 20 heavy (non-hydrogen) atoms. The van der Waals surface area contributed by atoms with Crippen LogP contribution in [0.4, 0.5) is 0 Å². The van der Waals surface area contributed by atoms with Gasteiger partial charge < -0.3 is 10.2 Å². The van der Waals surface area contributed by atoms with Crippen molar-refractivity contribution in [3.63, 3.8) is 0 Å². The van der Waals surface area contributed by atoms with Crippen LogP contribution in [0.5, 0.6) is 0 Å². The van der Waals surface area contributed by atoms with Crippen molar-refractivity contribution in [1.82, 2.24) is 0 Å². The predicted octanol–water partition coefficient (Wildman–Crippen LogP) is 2.28. The minimum absolute atomic E-state index is 0.0355. The van der Waals surface area contributed by atoms with Crippen molar-refractivity contribution in [2.45, 2.75) is 34.1 Å². The lowest BCUT2D eigenvalue weighted by molar-refractivity contribution is -0.137. The van der Waals surface area contributed by atoms with Crippen LogP contribution in [0, 0.1) is 17.3 Å². The van der Waals surface area contributed by atoms with Gasteiger partial charge in [0.05, 0.1) is 11.1 Å². The third kappa shape index (κ3) is 2.17. The summed E-state index contributed by atoms with van der Waals surface area (Å²) in [5, 5.41) is 18.8. The SMILES string of the molecule is CC(C)C1(C(C)C)C(C=O)=CCC(C(=O)O)=C1C(=O)O. The summed E-state index contributed by atoms with van der Waals surface area (Å²) in [6.07, 6.45) is 2.16. The number of aldehydes is 1. The number of carbonyl (C=O) groups is 3. The van der Waals surface area contributed by atoms with Crippen LogP contribution < -0.4 is 0 Å². The highest BCUT2D eigenvalue weighted by molar-refractivity contribution is 6.03. The number of hydrogen-bond acceptors (Lipinski definition) is 3. The van der Waals surface area contributed by atoms with Crippen LogP contribution in [0.3, 0.4) is 0 Å². The molecule has 0 atom stereocenters. The van der Waals surface area contributed by atoms with E-state index >= 15 is 0 Å². The summed E-state index contributed by atoms with van der Waals surface area (Å²) in [6.45, 7) is 7.24. The van der Waals surface area contributed by atoms with E-state index in [9.17, 15) is 24.6 Å². The number of hydrogen-bond donors (Lipinski definition) is 2. The molecule has 0 aliphatic heterocycles. The molecule has 0 aromatic heterocycles. The van der Waals surface area contributed by atoms with Gasteiger partial charge in [0.25, 0.3) is 0 Å². The van der Waals surface area contributed by atoms with Gasteiger partial charge in [0, 0.05) is 5.41 Å². The van der Waals surface area contributed by atoms with Crippen molar-refractivity contribution in [1.29, 1.82) is 0 Å². The van der Waals surface area contributed by atoms with E-state index in [1.165, 1.54) is 0 Å². The van der Waals surface area contributed by atoms with Gasteiger partial charge in [-0.15, -0.1) is 0 Å². The number of aliphatic carboxylic acids is 2. The fourth-order valence-electron chi connectivity index (χ4n) is 3.43. The van der Waals surface area contributed by atoms with Crippen molar-refractivity contribution < 1.29 is 24.6 Å². The fraction of sp³-hybridized carbons (Fsp3) is 0.533. The zero-order valence-electron chi connectivity index (χ0n) is 12.1. The third-order valence-corrected chi connectivity index (χ3v) is 4.14. The van der Waals surface area contributed by atoms with Crippen LogP contribution in [0.2, 0.25) is 0 Å². The quantitative estimate of drug-likeness (QED) is 0.754. The second kappa shape index (κ2) is 5.61. The maximum atomic E-state index is 11.7. The summed E-state index contributed by atoms with van der Waals surface area (Å²) in [6, 6.07) is 0. The Balaban J connectivity index is 3.78. The first-order chi connectivity index (χ1) is 9.21. The van der Waals surface area contributed by atoms with Crippen LogP contribution in [0.1, 0.15) is 34.1 Å². The smallest absolute Gasteiger partial charge is 0.333 e. The summed E-state index contributed by atoms with van der Waals surface area (Å²) < 4.78 is 0. The predicted molar refractivity (Wildman–Crippen MR) is 73.2 cm³/mol. The first-order valence-corrected chi connectivity index (χ1v) is 6.57. The van der Waals surface area contributed by atoms with E-state index in [1.807, 2.05) is 27.7 Å². The molecule has 0 radical (unpaired) electrons. The number of carbonyl (C=O) groups excluding carboxylic acids is 1. The normalized spacial score (nSPS) is 18.2. The Morgan fingerprint density at radius 3 is 1.95 bits per heavy atom. The Kier molecular flexibility index (Phi) is 4.53. The zero-order valence-corrected chi connectivity index (χ0v) is 12.1. The van der Waals surface area contributed by atoms with Crippen molar-refractivity contribution in [3.8, 4) is 0 Å². The van der Waals surface area contributed by atoms with Crippen LogP contribution >= 0.6 is 0 Å². The summed E-state index contributed by atoms with van der Waals surface area (Å²) >= 11 is 0. The molecule has 0 unspecified atom stereocenters. The van der Waals surface area contributed by atoms with Gasteiger partial charge >= 0.3 is 11.9 Å². The average molecular weight is 280 g/mol. The molecule has 0 saturated carbocycles. The summed E-state index contributed by atoms with van der Waals surface area (Å²) in [4.78, 5) is 34.4. The van der Waals surface area contributed by atoms with Gasteiger partial charge in [-0.1, -0.05) is 33.8 Å². The molecule has 0 fully saturated rings. The van der Waals surface area contributed by atoms with Gasteiger partial charge in [-0.25, -0.2) is 9.59 Å². The summed E-state index contributed by atoms with van der Waals surface area (Å²) in [7, 11) is 0. The first-order valence-electron chi connectivity index (χ1n) is 6.57. The van der Waals surface area contributed by atoms with Crippen molar-refractivity contribution in [3.05, 3.63) is 22.8 Å². The van der Waals surface area contributed by atoms with E-state index in [2.05, 4.69) is 0 Å². The second-order valence-corrected chi connectivity index (χ2v) is 5.62. The van der Waals surface area contributed by atoms with E-state index < -0.39 is 17.4 Å². The van der Waals surface area contributed by atoms with Crippen molar-refractivity contribution in [2.75, 3.05) is 0 Å².